The van der Waals surface area contributed by atoms with E-state index in [0.29, 0.717) is 11.4 Å². The molecule has 0 atom stereocenters. The van der Waals surface area contributed by atoms with Crippen LogP contribution < -0.4 is 4.74 Å². The van der Waals surface area contributed by atoms with Gasteiger partial charge in [0.25, 0.3) is 0 Å². The monoisotopic (exact) mass is 363 g/mol. The highest BCUT2D eigenvalue weighted by Crippen LogP contribution is 2.33. The van der Waals surface area contributed by atoms with Crippen LogP contribution in [0.3, 0.4) is 0 Å². The van der Waals surface area contributed by atoms with Crippen molar-refractivity contribution in [3.05, 3.63) is 57.0 Å². The summed E-state index contributed by atoms with van der Waals surface area (Å²) in [6.45, 7) is 0.237. The molecule has 0 aliphatic rings. The summed E-state index contributed by atoms with van der Waals surface area (Å²) in [4.78, 5) is 14.8. The van der Waals surface area contributed by atoms with Gasteiger partial charge in [-0.05, 0) is 32.8 Å². The summed E-state index contributed by atoms with van der Waals surface area (Å²) in [6, 6.07) is 11.9. The Hall–Kier alpha value is -1.92. The third-order valence-electron chi connectivity index (χ3n) is 2.94. The molecule has 0 fully saturated rings. The molecule has 3 aromatic rings. The van der Waals surface area contributed by atoms with Crippen molar-refractivity contribution in [2.45, 2.75) is 6.61 Å². The number of hydrogen-bond donors (Lipinski definition) is 1. The maximum absolute atomic E-state index is 10.8. The van der Waals surface area contributed by atoms with Crippen LogP contribution in [0, 0.1) is 0 Å². The molecule has 0 radical (unpaired) electrons. The molecule has 0 bridgehead atoms. The smallest absolute Gasteiger partial charge is 0.365 e. The second-order valence-electron chi connectivity index (χ2n) is 4.34. The Morgan fingerprint density at radius 2 is 2.10 bits per heavy atom. The highest BCUT2D eigenvalue weighted by Gasteiger charge is 2.10. The highest BCUT2D eigenvalue weighted by molar-refractivity contribution is 9.10. The Bertz CT molecular complexity index is 816. The second-order valence-corrected chi connectivity index (χ2v) is 5.99. The number of carbonyl (C=O) groups is 1. The zero-order valence-corrected chi connectivity index (χ0v) is 13.1. The van der Waals surface area contributed by atoms with E-state index in [4.69, 9.17) is 9.84 Å². The van der Waals surface area contributed by atoms with Gasteiger partial charge in [-0.3, -0.25) is 0 Å². The van der Waals surface area contributed by atoms with Gasteiger partial charge in [0.05, 0.1) is 10.2 Å². The van der Waals surface area contributed by atoms with E-state index in [1.165, 1.54) is 0 Å². The Morgan fingerprint density at radius 3 is 2.86 bits per heavy atom. The van der Waals surface area contributed by atoms with E-state index < -0.39 is 5.97 Å². The number of carboxylic acid groups (broad SMARTS) is 1. The molecule has 1 heterocycles. The standard InChI is InChI=1S/C15H10BrNO3S/c16-13-11-4-2-1-3-9(11)5-6-12(13)20-7-10-8-21-14(17-10)15(18)19/h1-6,8H,7H2,(H,18,19). The minimum atomic E-state index is -1.02. The topological polar surface area (TPSA) is 59.4 Å². The fraction of sp³-hybridized carbons (Fsp3) is 0.0667. The average molecular weight is 364 g/mol. The summed E-state index contributed by atoms with van der Waals surface area (Å²) in [6.07, 6.45) is 0. The predicted molar refractivity (Wildman–Crippen MR) is 85.1 cm³/mol. The van der Waals surface area contributed by atoms with E-state index in [0.717, 1.165) is 26.6 Å². The number of aromatic nitrogens is 1. The van der Waals surface area contributed by atoms with Crippen LogP contribution in [0.5, 0.6) is 5.75 Å². The predicted octanol–water partition coefficient (Wildman–Crippen LogP) is 4.34. The van der Waals surface area contributed by atoms with Gasteiger partial charge >= 0.3 is 5.97 Å². The lowest BCUT2D eigenvalue weighted by molar-refractivity contribution is 0.0696. The second kappa shape index (κ2) is 5.83. The molecule has 3 rings (SSSR count). The quantitative estimate of drug-likeness (QED) is 0.748. The third kappa shape index (κ3) is 2.91. The molecule has 0 aliphatic carbocycles. The summed E-state index contributed by atoms with van der Waals surface area (Å²) >= 11 is 4.64. The summed E-state index contributed by atoms with van der Waals surface area (Å²) in [5.74, 6) is -0.309. The van der Waals surface area contributed by atoms with Crippen molar-refractivity contribution < 1.29 is 14.6 Å². The zero-order chi connectivity index (χ0) is 14.8. The van der Waals surface area contributed by atoms with Crippen molar-refractivity contribution >= 4 is 44.0 Å². The maximum Gasteiger partial charge on any atom is 0.365 e. The molecular formula is C15H10BrNO3S. The van der Waals surface area contributed by atoms with Gasteiger partial charge in [-0.1, -0.05) is 30.3 Å². The molecule has 0 unspecified atom stereocenters. The number of nitrogens with zero attached hydrogens (tertiary/aromatic N) is 1. The number of hydrogen-bond acceptors (Lipinski definition) is 4. The van der Waals surface area contributed by atoms with Crippen molar-refractivity contribution in [3.63, 3.8) is 0 Å². The normalized spacial score (nSPS) is 10.7. The van der Waals surface area contributed by atoms with E-state index in [2.05, 4.69) is 20.9 Å². The van der Waals surface area contributed by atoms with Crippen LogP contribution in [0.2, 0.25) is 0 Å². The first-order valence-corrected chi connectivity index (χ1v) is 7.80. The molecule has 6 heteroatoms. The minimum absolute atomic E-state index is 0.0752. The SMILES string of the molecule is O=C(O)c1nc(COc2ccc3ccccc3c2Br)cs1. The molecule has 21 heavy (non-hydrogen) atoms. The van der Waals surface area contributed by atoms with Crippen LogP contribution in [0.25, 0.3) is 10.8 Å². The lowest BCUT2D eigenvalue weighted by Crippen LogP contribution is -1.99. The number of fused-ring (bicyclic) bond motifs is 1. The number of carboxylic acids is 1. The lowest BCUT2D eigenvalue weighted by Gasteiger charge is -2.09. The Balaban J connectivity index is 1.81. The largest absolute Gasteiger partial charge is 0.486 e. The van der Waals surface area contributed by atoms with Gasteiger partial charge in [-0.25, -0.2) is 9.78 Å². The highest BCUT2D eigenvalue weighted by atomic mass is 79.9. The number of rotatable bonds is 4. The van der Waals surface area contributed by atoms with E-state index >= 15 is 0 Å². The maximum atomic E-state index is 10.8. The molecule has 0 spiro atoms. The van der Waals surface area contributed by atoms with Crippen LogP contribution in [-0.4, -0.2) is 16.1 Å². The van der Waals surface area contributed by atoms with Gasteiger partial charge in [0.1, 0.15) is 12.4 Å². The lowest BCUT2D eigenvalue weighted by atomic mass is 10.1. The van der Waals surface area contributed by atoms with Crippen LogP contribution in [0.4, 0.5) is 0 Å². The number of ether oxygens (including phenoxy) is 1. The van der Waals surface area contributed by atoms with Gasteiger partial charge in [0.15, 0.2) is 0 Å². The molecule has 4 nitrogen and oxygen atoms in total. The van der Waals surface area contributed by atoms with Gasteiger partial charge < -0.3 is 9.84 Å². The van der Waals surface area contributed by atoms with Gasteiger partial charge in [-0.15, -0.1) is 11.3 Å². The average Bonchev–Trinajstić information content (AvgIpc) is 2.96. The Kier molecular flexibility index (Phi) is 3.90. The molecule has 0 aliphatic heterocycles. The number of thiazole rings is 1. The summed E-state index contributed by atoms with van der Waals surface area (Å²) < 4.78 is 6.61. The number of halogens is 1. The molecule has 0 saturated heterocycles. The van der Waals surface area contributed by atoms with Gasteiger partial charge in [-0.2, -0.15) is 0 Å². The molecule has 2 aromatic carbocycles. The first-order chi connectivity index (χ1) is 10.1. The zero-order valence-electron chi connectivity index (χ0n) is 10.7. The van der Waals surface area contributed by atoms with E-state index in [1.54, 1.807) is 5.38 Å². The van der Waals surface area contributed by atoms with Crippen molar-refractivity contribution in [1.82, 2.24) is 4.98 Å². The minimum Gasteiger partial charge on any atom is -0.486 e. The van der Waals surface area contributed by atoms with Crippen LogP contribution in [0.1, 0.15) is 15.5 Å². The van der Waals surface area contributed by atoms with E-state index in [9.17, 15) is 4.79 Å². The van der Waals surface area contributed by atoms with Crippen molar-refractivity contribution in [1.29, 1.82) is 0 Å². The Morgan fingerprint density at radius 1 is 1.29 bits per heavy atom. The molecule has 0 amide bonds. The van der Waals surface area contributed by atoms with Crippen LogP contribution in [0.15, 0.2) is 46.3 Å². The van der Waals surface area contributed by atoms with Gasteiger partial charge in [0, 0.05) is 5.38 Å². The number of aromatic carboxylic acids is 1. The molecule has 106 valence electrons. The third-order valence-corrected chi connectivity index (χ3v) is 4.64. The number of benzene rings is 2. The summed E-state index contributed by atoms with van der Waals surface area (Å²) in [5.41, 5.74) is 0.609. The molecule has 1 aromatic heterocycles. The van der Waals surface area contributed by atoms with Crippen LogP contribution in [-0.2, 0) is 6.61 Å². The fourth-order valence-corrected chi connectivity index (χ4v) is 3.20. The van der Waals surface area contributed by atoms with Crippen molar-refractivity contribution in [3.8, 4) is 5.75 Å². The molecular weight excluding hydrogens is 354 g/mol. The molecule has 1 N–H and O–H groups in total. The first kappa shape index (κ1) is 14.0. The van der Waals surface area contributed by atoms with E-state index in [1.807, 2.05) is 36.4 Å². The molecule has 0 saturated carbocycles. The fourth-order valence-electron chi connectivity index (χ4n) is 1.95. The first-order valence-electron chi connectivity index (χ1n) is 6.13. The Labute approximate surface area is 133 Å². The van der Waals surface area contributed by atoms with Crippen LogP contribution >= 0.6 is 27.3 Å². The summed E-state index contributed by atoms with van der Waals surface area (Å²) in [5, 5.41) is 12.8. The summed E-state index contributed by atoms with van der Waals surface area (Å²) in [7, 11) is 0. The van der Waals surface area contributed by atoms with Crippen molar-refractivity contribution in [2.75, 3.05) is 0 Å². The van der Waals surface area contributed by atoms with Gasteiger partial charge in [0.2, 0.25) is 5.01 Å². The van der Waals surface area contributed by atoms with Crippen molar-refractivity contribution in [2.24, 2.45) is 0 Å². The van der Waals surface area contributed by atoms with E-state index in [-0.39, 0.29) is 11.6 Å².